The second-order valence-corrected chi connectivity index (χ2v) is 4.41. The summed E-state index contributed by atoms with van der Waals surface area (Å²) >= 11 is 7.35. The number of hydrogen-bond donors (Lipinski definition) is 0. The number of ketones is 1. The molecule has 1 rings (SSSR count). The van der Waals surface area contributed by atoms with E-state index in [2.05, 4.69) is 0 Å². The molecule has 0 aliphatic rings. The molecule has 1 heterocycles. The van der Waals surface area contributed by atoms with Crippen LogP contribution in [0.15, 0.2) is 6.07 Å². The molecule has 0 fully saturated rings. The molecule has 0 amide bonds. The second-order valence-electron chi connectivity index (χ2n) is 2.81. The summed E-state index contributed by atoms with van der Waals surface area (Å²) in [6.07, 6.45) is 0.541. The van der Waals surface area contributed by atoms with Gasteiger partial charge in [0.1, 0.15) is 5.78 Å². The van der Waals surface area contributed by atoms with Gasteiger partial charge in [0.2, 0.25) is 0 Å². The number of halogens is 1. The van der Waals surface area contributed by atoms with E-state index < -0.39 is 0 Å². The Labute approximate surface area is 81.4 Å². The third kappa shape index (κ3) is 2.32. The van der Waals surface area contributed by atoms with Crippen LogP contribution < -0.4 is 0 Å². The first-order chi connectivity index (χ1) is 5.63. The van der Waals surface area contributed by atoms with Crippen molar-refractivity contribution in [2.24, 2.45) is 0 Å². The number of carbonyl (C=O) groups excluding carboxylic acids is 1. The van der Waals surface area contributed by atoms with Gasteiger partial charge in [0.05, 0.1) is 5.88 Å². The van der Waals surface area contributed by atoms with E-state index in [-0.39, 0.29) is 5.78 Å². The van der Waals surface area contributed by atoms with Crippen molar-refractivity contribution in [2.45, 2.75) is 26.1 Å². The molecule has 0 aliphatic heterocycles. The molecule has 0 aromatic carbocycles. The summed E-state index contributed by atoms with van der Waals surface area (Å²) in [5.41, 5.74) is 1.13. The highest BCUT2D eigenvalue weighted by Crippen LogP contribution is 2.23. The zero-order chi connectivity index (χ0) is 9.14. The Morgan fingerprint density at radius 2 is 2.33 bits per heavy atom. The molecule has 0 atom stereocenters. The predicted octanol–water partition coefficient (Wildman–Crippen LogP) is 2.93. The molecule has 0 saturated heterocycles. The summed E-state index contributed by atoms with van der Waals surface area (Å²) in [7, 11) is 0. The Morgan fingerprint density at radius 3 is 2.75 bits per heavy atom. The lowest BCUT2D eigenvalue weighted by Crippen LogP contribution is -1.95. The number of rotatable bonds is 3. The van der Waals surface area contributed by atoms with Crippen LogP contribution in [-0.2, 0) is 17.1 Å². The van der Waals surface area contributed by atoms with Crippen molar-refractivity contribution in [3.05, 3.63) is 21.4 Å². The Kier molecular flexibility index (Phi) is 3.29. The van der Waals surface area contributed by atoms with E-state index in [1.807, 2.05) is 13.0 Å². The second kappa shape index (κ2) is 4.06. The third-order valence-electron chi connectivity index (χ3n) is 1.64. The average molecular weight is 203 g/mol. The van der Waals surface area contributed by atoms with E-state index in [1.165, 1.54) is 4.88 Å². The molecule has 0 saturated carbocycles. The van der Waals surface area contributed by atoms with Crippen molar-refractivity contribution in [1.29, 1.82) is 0 Å². The molecule has 0 bridgehead atoms. The topological polar surface area (TPSA) is 17.1 Å². The summed E-state index contributed by atoms with van der Waals surface area (Å²) in [4.78, 5) is 13.2. The molecule has 0 aliphatic carbocycles. The molecule has 1 aromatic heterocycles. The van der Waals surface area contributed by atoms with Gasteiger partial charge in [-0.3, -0.25) is 4.79 Å². The molecular weight excluding hydrogens is 192 g/mol. The van der Waals surface area contributed by atoms with Crippen molar-refractivity contribution in [1.82, 2.24) is 0 Å². The van der Waals surface area contributed by atoms with Crippen LogP contribution in [0.1, 0.15) is 22.2 Å². The first-order valence-corrected chi connectivity index (χ1v) is 5.12. The highest BCUT2D eigenvalue weighted by Gasteiger charge is 2.06. The number of Topliss-reactive ketones (excluding diaryl/α,β-unsaturated/α-hetero) is 1. The summed E-state index contributed by atoms with van der Waals surface area (Å²) < 4.78 is 0. The van der Waals surface area contributed by atoms with Crippen LogP contribution in [0.2, 0.25) is 0 Å². The normalized spacial score (nSPS) is 10.2. The van der Waals surface area contributed by atoms with Gasteiger partial charge in [-0.2, -0.15) is 0 Å². The van der Waals surface area contributed by atoms with E-state index in [1.54, 1.807) is 18.3 Å². The van der Waals surface area contributed by atoms with Crippen LogP contribution in [0.4, 0.5) is 0 Å². The van der Waals surface area contributed by atoms with Gasteiger partial charge in [0, 0.05) is 16.2 Å². The predicted molar refractivity (Wildman–Crippen MR) is 53.0 cm³/mol. The monoisotopic (exact) mass is 202 g/mol. The fourth-order valence-corrected chi connectivity index (χ4v) is 2.25. The van der Waals surface area contributed by atoms with E-state index in [4.69, 9.17) is 11.6 Å². The van der Waals surface area contributed by atoms with Crippen molar-refractivity contribution in [2.75, 3.05) is 0 Å². The van der Waals surface area contributed by atoms with Crippen molar-refractivity contribution >= 4 is 28.7 Å². The van der Waals surface area contributed by atoms with Gasteiger partial charge in [0.15, 0.2) is 0 Å². The van der Waals surface area contributed by atoms with E-state index in [0.29, 0.717) is 12.3 Å². The lowest BCUT2D eigenvalue weighted by atomic mass is 10.1. The number of aryl methyl sites for hydroxylation is 1. The molecule has 1 nitrogen and oxygen atoms in total. The highest BCUT2D eigenvalue weighted by atomic mass is 35.5. The molecule has 12 heavy (non-hydrogen) atoms. The van der Waals surface area contributed by atoms with Gasteiger partial charge in [-0.25, -0.2) is 0 Å². The molecule has 3 heteroatoms. The zero-order valence-electron chi connectivity index (χ0n) is 7.19. The largest absolute Gasteiger partial charge is 0.300 e. The lowest BCUT2D eigenvalue weighted by Gasteiger charge is -1.92. The Morgan fingerprint density at radius 1 is 1.67 bits per heavy atom. The average Bonchev–Trinajstić information content (AvgIpc) is 2.31. The molecule has 0 spiro atoms. The Hall–Kier alpha value is -0.340. The van der Waals surface area contributed by atoms with Crippen molar-refractivity contribution in [3.8, 4) is 0 Å². The lowest BCUT2D eigenvalue weighted by molar-refractivity contribution is -0.116. The summed E-state index contributed by atoms with van der Waals surface area (Å²) in [6.45, 7) is 3.64. The van der Waals surface area contributed by atoms with Crippen LogP contribution in [0.25, 0.3) is 0 Å². The number of alkyl halides is 1. The first-order valence-electron chi connectivity index (χ1n) is 3.77. The maximum atomic E-state index is 10.8. The van der Waals surface area contributed by atoms with Gasteiger partial charge in [-0.05, 0) is 25.5 Å². The molecule has 0 radical (unpaired) electrons. The summed E-state index contributed by atoms with van der Waals surface area (Å²) in [5, 5.41) is 0. The van der Waals surface area contributed by atoms with Gasteiger partial charge in [-0.15, -0.1) is 22.9 Å². The van der Waals surface area contributed by atoms with E-state index in [0.717, 1.165) is 10.4 Å². The van der Waals surface area contributed by atoms with Crippen LogP contribution >= 0.6 is 22.9 Å². The smallest absolute Gasteiger partial charge is 0.134 e. The molecular formula is C9H11ClOS. The van der Waals surface area contributed by atoms with Gasteiger partial charge >= 0.3 is 0 Å². The maximum Gasteiger partial charge on any atom is 0.134 e. The summed E-state index contributed by atoms with van der Waals surface area (Å²) in [5.74, 6) is 0.751. The standard InChI is InChI=1S/C9H11ClOS/c1-6(11)3-8-4-9(5-10)12-7(8)2/h4H,3,5H2,1-2H3. The quantitative estimate of drug-likeness (QED) is 0.689. The van der Waals surface area contributed by atoms with Crippen LogP contribution in [-0.4, -0.2) is 5.78 Å². The molecule has 0 N–H and O–H groups in total. The van der Waals surface area contributed by atoms with Crippen LogP contribution in [0.5, 0.6) is 0 Å². The van der Waals surface area contributed by atoms with Crippen LogP contribution in [0, 0.1) is 6.92 Å². The number of thiophene rings is 1. The van der Waals surface area contributed by atoms with Crippen molar-refractivity contribution < 1.29 is 4.79 Å². The van der Waals surface area contributed by atoms with Crippen molar-refractivity contribution in [3.63, 3.8) is 0 Å². The minimum Gasteiger partial charge on any atom is -0.300 e. The molecule has 0 unspecified atom stereocenters. The van der Waals surface area contributed by atoms with Crippen LogP contribution in [0.3, 0.4) is 0 Å². The summed E-state index contributed by atoms with van der Waals surface area (Å²) in [6, 6.07) is 2.02. The highest BCUT2D eigenvalue weighted by molar-refractivity contribution is 7.12. The van der Waals surface area contributed by atoms with E-state index >= 15 is 0 Å². The number of hydrogen-bond acceptors (Lipinski definition) is 2. The SMILES string of the molecule is CC(=O)Cc1cc(CCl)sc1C. The van der Waals surface area contributed by atoms with Gasteiger partial charge in [-0.1, -0.05) is 0 Å². The minimum absolute atomic E-state index is 0.206. The van der Waals surface area contributed by atoms with E-state index in [9.17, 15) is 4.79 Å². The molecule has 66 valence electrons. The maximum absolute atomic E-state index is 10.8. The Balaban J connectivity index is 2.84. The van der Waals surface area contributed by atoms with Gasteiger partial charge in [0.25, 0.3) is 0 Å². The zero-order valence-corrected chi connectivity index (χ0v) is 8.76. The van der Waals surface area contributed by atoms with Gasteiger partial charge < -0.3 is 0 Å². The third-order valence-corrected chi connectivity index (χ3v) is 3.18. The first kappa shape index (κ1) is 9.75. The number of carbonyl (C=O) groups is 1. The Bertz CT molecular complexity index is 291. The fourth-order valence-electron chi connectivity index (χ4n) is 1.10. The minimum atomic E-state index is 0.206. The molecule has 1 aromatic rings. The fraction of sp³-hybridized carbons (Fsp3) is 0.444.